The van der Waals surface area contributed by atoms with Crippen LogP contribution >= 0.6 is 11.5 Å². The fourth-order valence-corrected chi connectivity index (χ4v) is 2.71. The summed E-state index contributed by atoms with van der Waals surface area (Å²) in [5.74, 6) is -0.317. The van der Waals surface area contributed by atoms with E-state index in [4.69, 9.17) is 9.47 Å². The van der Waals surface area contributed by atoms with Crippen molar-refractivity contribution in [3.63, 3.8) is 0 Å². The highest BCUT2D eigenvalue weighted by molar-refractivity contribution is 7.03. The average Bonchev–Trinajstić information content (AvgIpc) is 3.03. The number of fused-ring (bicyclic) bond motifs is 1. The Hall–Kier alpha value is -1.72. The van der Waals surface area contributed by atoms with E-state index in [1.807, 2.05) is 18.2 Å². The van der Waals surface area contributed by atoms with Gasteiger partial charge < -0.3 is 9.47 Å². The van der Waals surface area contributed by atoms with Crippen molar-refractivity contribution < 1.29 is 14.3 Å². The fourth-order valence-electron chi connectivity index (χ4n) is 2.03. The summed E-state index contributed by atoms with van der Waals surface area (Å²) in [6.45, 7) is 3.40. The van der Waals surface area contributed by atoms with Crippen LogP contribution in [0.25, 0.3) is 0 Å². The number of benzene rings is 1. The maximum atomic E-state index is 11.9. The highest BCUT2D eigenvalue weighted by Gasteiger charge is 2.14. The average molecular weight is 275 g/mol. The molecule has 0 aliphatic carbocycles. The predicted octanol–water partition coefficient (Wildman–Crippen LogP) is 2.84. The molecule has 0 atom stereocenters. The van der Waals surface area contributed by atoms with Crippen molar-refractivity contribution in [2.45, 2.75) is 26.7 Å². The van der Waals surface area contributed by atoms with Gasteiger partial charge in [-0.15, -0.1) is 0 Å². The van der Waals surface area contributed by atoms with E-state index < -0.39 is 0 Å². The topological polar surface area (TPSA) is 48.4 Å². The number of aryl methyl sites for hydroxylation is 1. The zero-order valence-electron chi connectivity index (χ0n) is 10.5. The molecule has 0 amide bonds. The van der Waals surface area contributed by atoms with E-state index in [0.717, 1.165) is 11.3 Å². The Morgan fingerprint density at radius 2 is 2.26 bits per heavy atom. The largest absolute Gasteiger partial charge is 0.457 e. The van der Waals surface area contributed by atoms with E-state index >= 15 is 0 Å². The van der Waals surface area contributed by atoms with E-state index in [2.05, 4.69) is 4.37 Å². The summed E-state index contributed by atoms with van der Waals surface area (Å²) in [5, 5.41) is 1.72. The van der Waals surface area contributed by atoms with Gasteiger partial charge in [0.05, 0.1) is 24.5 Å². The van der Waals surface area contributed by atoms with Crippen molar-refractivity contribution in [3.8, 4) is 0 Å². The molecule has 0 unspecified atom stereocenters. The van der Waals surface area contributed by atoms with Gasteiger partial charge >= 0.3 is 5.97 Å². The molecule has 0 saturated heterocycles. The minimum absolute atomic E-state index is 0.279. The van der Waals surface area contributed by atoms with Gasteiger partial charge in [0, 0.05) is 5.38 Å². The monoisotopic (exact) mass is 275 g/mol. The highest BCUT2D eigenvalue weighted by atomic mass is 32.1. The molecule has 0 spiro atoms. The quantitative estimate of drug-likeness (QED) is 0.808. The van der Waals surface area contributed by atoms with Crippen molar-refractivity contribution in [2.24, 2.45) is 0 Å². The zero-order valence-corrected chi connectivity index (χ0v) is 11.3. The van der Waals surface area contributed by atoms with Crippen LogP contribution in [0.3, 0.4) is 0 Å². The SMILES string of the molecule is Cc1nscc1C(=O)OCc1ccc2c(c1)COC2. The van der Waals surface area contributed by atoms with Crippen molar-refractivity contribution >= 4 is 17.5 Å². The fraction of sp³-hybridized carbons (Fsp3) is 0.286. The molecule has 19 heavy (non-hydrogen) atoms. The number of esters is 1. The van der Waals surface area contributed by atoms with Crippen LogP contribution in [-0.4, -0.2) is 10.3 Å². The molecule has 0 saturated carbocycles. The normalized spacial score (nSPS) is 13.3. The van der Waals surface area contributed by atoms with Gasteiger partial charge in [-0.3, -0.25) is 0 Å². The molecule has 98 valence electrons. The molecule has 5 heteroatoms. The Labute approximate surface area is 115 Å². The van der Waals surface area contributed by atoms with Crippen LogP contribution in [-0.2, 0) is 29.3 Å². The van der Waals surface area contributed by atoms with E-state index in [1.165, 1.54) is 22.7 Å². The Bertz CT molecular complexity index is 621. The first-order valence-electron chi connectivity index (χ1n) is 6.00. The van der Waals surface area contributed by atoms with Crippen LogP contribution < -0.4 is 0 Å². The third kappa shape index (κ3) is 2.52. The lowest BCUT2D eigenvalue weighted by Gasteiger charge is -2.06. The number of carbonyl (C=O) groups is 1. The third-order valence-corrected chi connectivity index (χ3v) is 3.85. The lowest BCUT2D eigenvalue weighted by atomic mass is 10.1. The molecule has 3 rings (SSSR count). The number of hydrogen-bond donors (Lipinski definition) is 0. The molecule has 0 radical (unpaired) electrons. The second-order valence-corrected chi connectivity index (χ2v) is 5.11. The maximum absolute atomic E-state index is 11.9. The summed E-state index contributed by atoms with van der Waals surface area (Å²) in [6, 6.07) is 6.04. The summed E-state index contributed by atoms with van der Waals surface area (Å²) in [5.41, 5.74) is 4.65. The molecular weight excluding hydrogens is 262 g/mol. The summed E-state index contributed by atoms with van der Waals surface area (Å²) in [6.07, 6.45) is 0. The van der Waals surface area contributed by atoms with E-state index in [-0.39, 0.29) is 12.6 Å². The smallest absolute Gasteiger partial charge is 0.341 e. The van der Waals surface area contributed by atoms with Gasteiger partial charge in [-0.2, -0.15) is 4.37 Å². The van der Waals surface area contributed by atoms with Crippen molar-refractivity contribution in [1.82, 2.24) is 4.37 Å². The van der Waals surface area contributed by atoms with Crippen molar-refractivity contribution in [3.05, 3.63) is 51.5 Å². The van der Waals surface area contributed by atoms with Crippen LogP contribution in [0.1, 0.15) is 32.7 Å². The van der Waals surface area contributed by atoms with Crippen LogP contribution in [0, 0.1) is 6.92 Å². The molecule has 0 bridgehead atoms. The Balaban J connectivity index is 1.66. The van der Waals surface area contributed by atoms with Gasteiger partial charge in [-0.1, -0.05) is 12.1 Å². The number of nitrogens with zero attached hydrogens (tertiary/aromatic N) is 1. The van der Waals surface area contributed by atoms with E-state index in [0.29, 0.717) is 18.8 Å². The summed E-state index contributed by atoms with van der Waals surface area (Å²) in [7, 11) is 0. The van der Waals surface area contributed by atoms with Crippen LogP contribution in [0.15, 0.2) is 23.6 Å². The number of ether oxygens (including phenoxy) is 2. The zero-order chi connectivity index (χ0) is 13.2. The Morgan fingerprint density at radius 1 is 1.42 bits per heavy atom. The van der Waals surface area contributed by atoms with E-state index in [9.17, 15) is 4.79 Å². The number of aromatic nitrogens is 1. The Kier molecular flexibility index (Phi) is 3.31. The molecule has 1 aromatic carbocycles. The first-order valence-corrected chi connectivity index (χ1v) is 6.84. The van der Waals surface area contributed by atoms with Gasteiger partial charge in [-0.05, 0) is 41.2 Å². The van der Waals surface area contributed by atoms with E-state index in [1.54, 1.807) is 12.3 Å². The molecule has 1 aliphatic heterocycles. The number of rotatable bonds is 3. The van der Waals surface area contributed by atoms with Crippen LogP contribution in [0.2, 0.25) is 0 Å². The summed E-state index contributed by atoms with van der Waals surface area (Å²) < 4.78 is 14.7. The maximum Gasteiger partial charge on any atom is 0.341 e. The molecular formula is C14H13NO3S. The number of hydrogen-bond acceptors (Lipinski definition) is 5. The lowest BCUT2D eigenvalue weighted by molar-refractivity contribution is 0.0472. The number of carbonyl (C=O) groups excluding carboxylic acids is 1. The molecule has 4 nitrogen and oxygen atoms in total. The standard InChI is InChI=1S/C14H13NO3S/c1-9-13(8-19-15-9)14(16)18-5-10-2-3-11-6-17-7-12(11)4-10/h2-4,8H,5-7H2,1H3. The molecule has 2 aromatic rings. The van der Waals surface area contributed by atoms with Gasteiger partial charge in [0.2, 0.25) is 0 Å². The van der Waals surface area contributed by atoms with Crippen molar-refractivity contribution in [2.75, 3.05) is 0 Å². The molecule has 2 heterocycles. The molecule has 1 aliphatic rings. The van der Waals surface area contributed by atoms with Gasteiger partial charge in [0.15, 0.2) is 0 Å². The third-order valence-electron chi connectivity index (χ3n) is 3.13. The van der Waals surface area contributed by atoms with Crippen molar-refractivity contribution in [1.29, 1.82) is 0 Å². The summed E-state index contributed by atoms with van der Waals surface area (Å²) in [4.78, 5) is 11.9. The lowest BCUT2D eigenvalue weighted by Crippen LogP contribution is -2.06. The molecule has 0 fully saturated rings. The second kappa shape index (κ2) is 5.11. The molecule has 0 N–H and O–H groups in total. The highest BCUT2D eigenvalue weighted by Crippen LogP contribution is 2.21. The van der Waals surface area contributed by atoms with Crippen LogP contribution in [0.4, 0.5) is 0 Å². The van der Waals surface area contributed by atoms with Gasteiger partial charge in [0.25, 0.3) is 0 Å². The van der Waals surface area contributed by atoms with Gasteiger partial charge in [0.1, 0.15) is 6.61 Å². The first-order chi connectivity index (χ1) is 9.24. The second-order valence-electron chi connectivity index (χ2n) is 4.49. The first kappa shape index (κ1) is 12.3. The minimum Gasteiger partial charge on any atom is -0.457 e. The Morgan fingerprint density at radius 3 is 3.05 bits per heavy atom. The summed E-state index contributed by atoms with van der Waals surface area (Å²) >= 11 is 1.27. The predicted molar refractivity (Wildman–Crippen MR) is 70.9 cm³/mol. The van der Waals surface area contributed by atoms with Crippen LogP contribution in [0.5, 0.6) is 0 Å². The molecule has 1 aromatic heterocycles. The minimum atomic E-state index is -0.317. The van der Waals surface area contributed by atoms with Gasteiger partial charge in [-0.25, -0.2) is 4.79 Å².